The van der Waals surface area contributed by atoms with Gasteiger partial charge >= 0.3 is 0 Å². The van der Waals surface area contributed by atoms with Gasteiger partial charge in [0.25, 0.3) is 0 Å². The van der Waals surface area contributed by atoms with E-state index in [2.05, 4.69) is 4.98 Å². The van der Waals surface area contributed by atoms with Gasteiger partial charge in [-0.05, 0) is 31.2 Å². The van der Waals surface area contributed by atoms with Crippen LogP contribution in [0, 0.1) is 12.7 Å². The molecule has 0 aliphatic carbocycles. The molecule has 3 nitrogen and oxygen atoms in total. The first-order valence-corrected chi connectivity index (χ1v) is 6.28. The van der Waals surface area contributed by atoms with E-state index >= 15 is 0 Å². The summed E-state index contributed by atoms with van der Waals surface area (Å²) in [4.78, 5) is 4.27. The number of hydrogen-bond acceptors (Lipinski definition) is 3. The van der Waals surface area contributed by atoms with Crippen LogP contribution in [-0.2, 0) is 0 Å². The highest BCUT2D eigenvalue weighted by molar-refractivity contribution is 5.39. The third kappa shape index (κ3) is 2.31. The van der Waals surface area contributed by atoms with Crippen molar-refractivity contribution in [3.8, 4) is 5.75 Å². The first kappa shape index (κ1) is 12.1. The standard InChI is InChI=1S/C15H15FN2O/c1-9-2-3-10(8-18-9)15-7-13(17)12-6-11(16)4-5-14(12)19-15/h2-6,8,13,15H,7,17H2,1H3/t13-,15?/m0/s1. The molecule has 19 heavy (non-hydrogen) atoms. The SMILES string of the molecule is Cc1ccc(C2C[C@H](N)c3cc(F)ccc3O2)cn1. The number of ether oxygens (including phenoxy) is 1. The monoisotopic (exact) mass is 258 g/mol. The van der Waals surface area contributed by atoms with E-state index in [1.54, 1.807) is 12.3 Å². The number of fused-ring (bicyclic) bond motifs is 1. The van der Waals surface area contributed by atoms with Gasteiger partial charge in [-0.1, -0.05) is 6.07 Å². The molecule has 2 atom stereocenters. The highest BCUT2D eigenvalue weighted by atomic mass is 19.1. The van der Waals surface area contributed by atoms with Crippen molar-refractivity contribution in [1.29, 1.82) is 0 Å². The lowest BCUT2D eigenvalue weighted by molar-refractivity contribution is 0.160. The van der Waals surface area contributed by atoms with Gasteiger partial charge in [0.05, 0.1) is 0 Å². The van der Waals surface area contributed by atoms with Crippen LogP contribution in [0.5, 0.6) is 5.75 Å². The van der Waals surface area contributed by atoms with Gasteiger partial charge < -0.3 is 10.5 Å². The summed E-state index contributed by atoms with van der Waals surface area (Å²) in [6, 6.07) is 8.20. The highest BCUT2D eigenvalue weighted by Gasteiger charge is 2.27. The van der Waals surface area contributed by atoms with E-state index in [0.717, 1.165) is 16.8 Å². The number of hydrogen-bond donors (Lipinski definition) is 1. The van der Waals surface area contributed by atoms with Gasteiger partial charge in [-0.25, -0.2) is 4.39 Å². The van der Waals surface area contributed by atoms with Crippen molar-refractivity contribution < 1.29 is 9.13 Å². The predicted octanol–water partition coefficient (Wildman–Crippen LogP) is 3.05. The molecular formula is C15H15FN2O. The number of aryl methyl sites for hydroxylation is 1. The maximum Gasteiger partial charge on any atom is 0.127 e. The van der Waals surface area contributed by atoms with Crippen molar-refractivity contribution in [2.24, 2.45) is 5.73 Å². The Morgan fingerprint density at radius 2 is 2.16 bits per heavy atom. The second-order valence-corrected chi connectivity index (χ2v) is 4.86. The molecule has 1 aromatic carbocycles. The van der Waals surface area contributed by atoms with E-state index in [4.69, 9.17) is 10.5 Å². The third-order valence-electron chi connectivity index (χ3n) is 3.41. The number of pyridine rings is 1. The Balaban J connectivity index is 1.92. The van der Waals surface area contributed by atoms with Crippen LogP contribution < -0.4 is 10.5 Å². The lowest BCUT2D eigenvalue weighted by atomic mass is 9.94. The second-order valence-electron chi connectivity index (χ2n) is 4.86. The summed E-state index contributed by atoms with van der Waals surface area (Å²) < 4.78 is 19.1. The molecule has 1 aliphatic heterocycles. The zero-order chi connectivity index (χ0) is 13.4. The van der Waals surface area contributed by atoms with Crippen molar-refractivity contribution in [2.75, 3.05) is 0 Å². The molecule has 0 saturated carbocycles. The molecule has 0 saturated heterocycles. The van der Waals surface area contributed by atoms with Crippen LogP contribution in [-0.4, -0.2) is 4.98 Å². The van der Waals surface area contributed by atoms with Crippen LogP contribution >= 0.6 is 0 Å². The van der Waals surface area contributed by atoms with Crippen LogP contribution in [0.4, 0.5) is 4.39 Å². The van der Waals surface area contributed by atoms with E-state index in [0.29, 0.717) is 12.2 Å². The molecule has 2 heterocycles. The second kappa shape index (κ2) is 4.63. The van der Waals surface area contributed by atoms with Gasteiger partial charge in [0, 0.05) is 35.5 Å². The lowest BCUT2D eigenvalue weighted by Crippen LogP contribution is -2.24. The molecule has 0 bridgehead atoms. The number of nitrogens with two attached hydrogens (primary N) is 1. The first-order valence-electron chi connectivity index (χ1n) is 6.28. The molecule has 2 N–H and O–H groups in total. The molecule has 98 valence electrons. The van der Waals surface area contributed by atoms with Gasteiger partial charge in [0.15, 0.2) is 0 Å². The largest absolute Gasteiger partial charge is 0.485 e. The minimum atomic E-state index is -0.284. The van der Waals surface area contributed by atoms with E-state index in [1.165, 1.54) is 12.1 Å². The van der Waals surface area contributed by atoms with Crippen LogP contribution in [0.1, 0.15) is 35.4 Å². The summed E-state index contributed by atoms with van der Waals surface area (Å²) in [5.41, 5.74) is 8.80. The number of halogens is 1. The average molecular weight is 258 g/mol. The Morgan fingerprint density at radius 1 is 1.32 bits per heavy atom. The summed E-state index contributed by atoms with van der Waals surface area (Å²) >= 11 is 0. The minimum absolute atomic E-state index is 0.124. The molecule has 0 radical (unpaired) electrons. The Bertz CT molecular complexity index is 598. The van der Waals surface area contributed by atoms with Gasteiger partial charge in [-0.2, -0.15) is 0 Å². The normalized spacial score (nSPS) is 21.6. The molecular weight excluding hydrogens is 243 g/mol. The molecule has 3 rings (SSSR count). The van der Waals surface area contributed by atoms with E-state index < -0.39 is 0 Å². The van der Waals surface area contributed by atoms with Crippen molar-refractivity contribution in [3.63, 3.8) is 0 Å². The lowest BCUT2D eigenvalue weighted by Gasteiger charge is -2.30. The minimum Gasteiger partial charge on any atom is -0.485 e. The smallest absolute Gasteiger partial charge is 0.127 e. The fourth-order valence-electron chi connectivity index (χ4n) is 2.35. The Hall–Kier alpha value is -1.94. The summed E-state index contributed by atoms with van der Waals surface area (Å²) in [5, 5.41) is 0. The highest BCUT2D eigenvalue weighted by Crippen LogP contribution is 2.39. The predicted molar refractivity (Wildman–Crippen MR) is 70.3 cm³/mol. The number of nitrogens with zero attached hydrogens (tertiary/aromatic N) is 1. The van der Waals surface area contributed by atoms with Crippen LogP contribution in [0.3, 0.4) is 0 Å². The zero-order valence-corrected chi connectivity index (χ0v) is 10.6. The number of benzene rings is 1. The zero-order valence-electron chi connectivity index (χ0n) is 10.6. The molecule has 1 aliphatic rings. The number of rotatable bonds is 1. The van der Waals surface area contributed by atoms with E-state index in [-0.39, 0.29) is 18.0 Å². The number of aromatic nitrogens is 1. The maximum atomic E-state index is 13.2. The van der Waals surface area contributed by atoms with Crippen molar-refractivity contribution in [3.05, 3.63) is 59.2 Å². The van der Waals surface area contributed by atoms with E-state index in [1.807, 2.05) is 19.1 Å². The van der Waals surface area contributed by atoms with Crippen molar-refractivity contribution >= 4 is 0 Å². The summed E-state index contributed by atoms with van der Waals surface area (Å²) in [7, 11) is 0. The summed E-state index contributed by atoms with van der Waals surface area (Å²) in [5.74, 6) is 0.374. The average Bonchev–Trinajstić information content (AvgIpc) is 2.40. The van der Waals surface area contributed by atoms with Gasteiger partial charge in [-0.3, -0.25) is 4.98 Å². The molecule has 1 aromatic heterocycles. The molecule has 1 unspecified atom stereocenters. The molecule has 2 aromatic rings. The van der Waals surface area contributed by atoms with Crippen LogP contribution in [0.25, 0.3) is 0 Å². The van der Waals surface area contributed by atoms with Gasteiger partial charge in [0.1, 0.15) is 17.7 Å². The van der Waals surface area contributed by atoms with Gasteiger partial charge in [0.2, 0.25) is 0 Å². The van der Waals surface area contributed by atoms with Crippen LogP contribution in [0.2, 0.25) is 0 Å². The molecule has 0 fully saturated rings. The third-order valence-corrected chi connectivity index (χ3v) is 3.41. The molecule has 4 heteroatoms. The van der Waals surface area contributed by atoms with Gasteiger partial charge in [-0.15, -0.1) is 0 Å². The fraction of sp³-hybridized carbons (Fsp3) is 0.267. The quantitative estimate of drug-likeness (QED) is 0.855. The van der Waals surface area contributed by atoms with Crippen LogP contribution in [0.15, 0.2) is 36.5 Å². The Kier molecular flexibility index (Phi) is 2.95. The van der Waals surface area contributed by atoms with Crippen molar-refractivity contribution in [1.82, 2.24) is 4.98 Å². The summed E-state index contributed by atoms with van der Waals surface area (Å²) in [6.45, 7) is 1.94. The Morgan fingerprint density at radius 3 is 2.89 bits per heavy atom. The van der Waals surface area contributed by atoms with Crippen molar-refractivity contribution in [2.45, 2.75) is 25.5 Å². The molecule has 0 spiro atoms. The molecule has 0 amide bonds. The summed E-state index contributed by atoms with van der Waals surface area (Å²) in [6.07, 6.45) is 2.31. The van der Waals surface area contributed by atoms with E-state index in [9.17, 15) is 4.39 Å². The maximum absolute atomic E-state index is 13.2. The Labute approximate surface area is 111 Å². The topological polar surface area (TPSA) is 48.1 Å². The first-order chi connectivity index (χ1) is 9.13. The fourth-order valence-corrected chi connectivity index (χ4v) is 2.35.